The molecular weight excluding hydrogens is 344 g/mol. The highest BCUT2D eigenvalue weighted by Gasteiger charge is 2.49. The Morgan fingerprint density at radius 1 is 1.21 bits per heavy atom. The number of amides is 1. The van der Waals surface area contributed by atoms with Crippen LogP contribution in [0.25, 0.3) is 0 Å². The molecule has 0 aliphatic carbocycles. The van der Waals surface area contributed by atoms with Crippen LogP contribution in [0.1, 0.15) is 25.0 Å². The van der Waals surface area contributed by atoms with Gasteiger partial charge in [0.2, 0.25) is 0 Å². The Labute approximate surface area is 147 Å². The molecule has 1 amide bonds. The molecule has 5 nitrogen and oxygen atoms in total. The molecule has 2 fully saturated rings. The minimum atomic E-state index is -3.04. The SMILES string of the molecule is Cc1cc(C)cc(N2C(=NC(=O)C(C)C)S[C@@H]3CS(=O)(=O)C[C@H]32)c1. The summed E-state index contributed by atoms with van der Waals surface area (Å²) in [4.78, 5) is 18.4. The van der Waals surface area contributed by atoms with Gasteiger partial charge in [-0.3, -0.25) is 4.79 Å². The van der Waals surface area contributed by atoms with Crippen LogP contribution in [-0.2, 0) is 14.6 Å². The first-order chi connectivity index (χ1) is 11.2. The van der Waals surface area contributed by atoms with Gasteiger partial charge in [-0.05, 0) is 37.1 Å². The van der Waals surface area contributed by atoms with Crippen LogP contribution >= 0.6 is 11.8 Å². The number of carbonyl (C=O) groups is 1. The van der Waals surface area contributed by atoms with E-state index in [2.05, 4.69) is 11.1 Å². The summed E-state index contributed by atoms with van der Waals surface area (Å²) in [6.45, 7) is 7.66. The van der Waals surface area contributed by atoms with E-state index in [4.69, 9.17) is 0 Å². The van der Waals surface area contributed by atoms with E-state index in [1.807, 2.05) is 44.7 Å². The number of hydrogen-bond donors (Lipinski definition) is 0. The van der Waals surface area contributed by atoms with Crippen LogP contribution in [0.5, 0.6) is 0 Å². The largest absolute Gasteiger partial charge is 0.316 e. The molecule has 0 unspecified atom stereocenters. The number of aryl methyl sites for hydroxylation is 2. The van der Waals surface area contributed by atoms with Gasteiger partial charge >= 0.3 is 0 Å². The lowest BCUT2D eigenvalue weighted by Crippen LogP contribution is -2.38. The lowest BCUT2D eigenvalue weighted by atomic mass is 10.1. The monoisotopic (exact) mass is 366 g/mol. The Hall–Kier alpha value is -1.34. The van der Waals surface area contributed by atoms with Crippen molar-refractivity contribution in [1.29, 1.82) is 0 Å². The molecule has 2 atom stereocenters. The maximum Gasteiger partial charge on any atom is 0.250 e. The highest BCUT2D eigenvalue weighted by Crippen LogP contribution is 2.41. The molecule has 1 aromatic rings. The number of amidine groups is 1. The molecule has 0 saturated carbocycles. The molecule has 2 aliphatic rings. The molecule has 24 heavy (non-hydrogen) atoms. The van der Waals surface area contributed by atoms with Crippen LogP contribution in [0.4, 0.5) is 5.69 Å². The summed E-state index contributed by atoms with van der Waals surface area (Å²) in [6, 6.07) is 5.97. The number of fused-ring (bicyclic) bond motifs is 1. The Morgan fingerprint density at radius 2 is 1.83 bits per heavy atom. The second-order valence-corrected chi connectivity index (χ2v) is 10.3. The van der Waals surface area contributed by atoms with Crippen molar-refractivity contribution in [2.45, 2.75) is 39.0 Å². The number of thioether (sulfide) groups is 1. The number of benzene rings is 1. The Morgan fingerprint density at radius 3 is 2.42 bits per heavy atom. The van der Waals surface area contributed by atoms with Gasteiger partial charge in [0.05, 0.1) is 17.5 Å². The smallest absolute Gasteiger partial charge is 0.250 e. The first kappa shape index (κ1) is 17.5. The summed E-state index contributed by atoms with van der Waals surface area (Å²) in [5, 5.41) is 0.568. The van der Waals surface area contributed by atoms with Crippen molar-refractivity contribution in [1.82, 2.24) is 0 Å². The van der Waals surface area contributed by atoms with E-state index in [-0.39, 0.29) is 34.6 Å². The number of rotatable bonds is 2. The summed E-state index contributed by atoms with van der Waals surface area (Å²) < 4.78 is 24.1. The average molecular weight is 367 g/mol. The maximum atomic E-state index is 12.1. The predicted octanol–water partition coefficient (Wildman–Crippen LogP) is 2.56. The highest BCUT2D eigenvalue weighted by atomic mass is 32.2. The second kappa shape index (κ2) is 6.19. The van der Waals surface area contributed by atoms with Crippen molar-refractivity contribution in [2.75, 3.05) is 16.4 Å². The molecular formula is C17H22N2O3S2. The molecule has 2 saturated heterocycles. The topological polar surface area (TPSA) is 66.8 Å². The number of sulfone groups is 1. The van der Waals surface area contributed by atoms with Gasteiger partial charge in [-0.25, -0.2) is 8.42 Å². The van der Waals surface area contributed by atoms with Gasteiger partial charge < -0.3 is 4.90 Å². The van der Waals surface area contributed by atoms with Crippen molar-refractivity contribution in [3.63, 3.8) is 0 Å². The van der Waals surface area contributed by atoms with Crippen LogP contribution in [0.3, 0.4) is 0 Å². The van der Waals surface area contributed by atoms with Crippen molar-refractivity contribution in [3.05, 3.63) is 29.3 Å². The lowest BCUT2D eigenvalue weighted by Gasteiger charge is -2.25. The van der Waals surface area contributed by atoms with Gasteiger partial charge in [0, 0.05) is 16.9 Å². The van der Waals surface area contributed by atoms with Gasteiger partial charge in [0.1, 0.15) is 0 Å². The number of carbonyl (C=O) groups excluding carboxylic acids is 1. The van der Waals surface area contributed by atoms with Crippen LogP contribution in [0, 0.1) is 19.8 Å². The van der Waals surface area contributed by atoms with E-state index < -0.39 is 9.84 Å². The van der Waals surface area contributed by atoms with Crippen LogP contribution < -0.4 is 4.90 Å². The van der Waals surface area contributed by atoms with Crippen molar-refractivity contribution in [3.8, 4) is 0 Å². The first-order valence-corrected chi connectivity index (χ1v) is 10.7. The van der Waals surface area contributed by atoms with E-state index in [9.17, 15) is 13.2 Å². The van der Waals surface area contributed by atoms with E-state index >= 15 is 0 Å². The molecule has 1 aromatic carbocycles. The number of anilines is 1. The molecule has 130 valence electrons. The maximum absolute atomic E-state index is 12.1. The van der Waals surface area contributed by atoms with E-state index in [0.29, 0.717) is 5.17 Å². The van der Waals surface area contributed by atoms with E-state index in [1.165, 1.54) is 11.8 Å². The third-order valence-electron chi connectivity index (χ3n) is 4.25. The lowest BCUT2D eigenvalue weighted by molar-refractivity contribution is -0.120. The molecule has 3 rings (SSSR count). The molecule has 0 radical (unpaired) electrons. The molecule has 0 aromatic heterocycles. The molecule has 2 heterocycles. The number of aliphatic imine (C=N–C) groups is 1. The Balaban J connectivity index is 2.06. The zero-order valence-corrected chi connectivity index (χ0v) is 15.9. The molecule has 0 bridgehead atoms. The standard InChI is InChI=1S/C17H22N2O3S2/c1-10(2)16(20)18-17-19(13-6-11(3)5-12(4)7-13)14-8-24(21,22)9-15(14)23-17/h5-7,10,14-15H,8-9H2,1-4H3/t14-,15-/m1/s1. The number of nitrogens with zero attached hydrogens (tertiary/aromatic N) is 2. The summed E-state index contributed by atoms with van der Waals surface area (Å²) in [5.41, 5.74) is 3.13. The molecule has 2 aliphatic heterocycles. The summed E-state index contributed by atoms with van der Waals surface area (Å²) >= 11 is 1.42. The fourth-order valence-corrected chi connectivity index (χ4v) is 7.10. The minimum absolute atomic E-state index is 0.0606. The summed E-state index contributed by atoms with van der Waals surface area (Å²) in [6.07, 6.45) is 0. The van der Waals surface area contributed by atoms with E-state index in [0.717, 1.165) is 16.8 Å². The predicted molar refractivity (Wildman–Crippen MR) is 99.5 cm³/mol. The van der Waals surface area contributed by atoms with Crippen molar-refractivity contribution in [2.24, 2.45) is 10.9 Å². The Bertz CT molecular complexity index is 795. The third kappa shape index (κ3) is 3.37. The van der Waals surface area contributed by atoms with Gasteiger partial charge in [-0.2, -0.15) is 4.99 Å². The van der Waals surface area contributed by atoms with Crippen LogP contribution in [0.15, 0.2) is 23.2 Å². The third-order valence-corrected chi connectivity index (χ3v) is 7.46. The Kier molecular flexibility index (Phi) is 4.51. The minimum Gasteiger partial charge on any atom is -0.316 e. The summed E-state index contributed by atoms with van der Waals surface area (Å²) in [5.74, 6) is -0.0801. The van der Waals surface area contributed by atoms with Gasteiger partial charge in [-0.15, -0.1) is 0 Å². The normalized spacial score (nSPS) is 27.0. The first-order valence-electron chi connectivity index (χ1n) is 8.03. The average Bonchev–Trinajstić information content (AvgIpc) is 2.88. The van der Waals surface area contributed by atoms with Crippen LogP contribution in [-0.4, -0.2) is 42.3 Å². The zero-order chi connectivity index (χ0) is 17.6. The fraction of sp³-hybridized carbons (Fsp3) is 0.529. The highest BCUT2D eigenvalue weighted by molar-refractivity contribution is 8.16. The van der Waals surface area contributed by atoms with Gasteiger partial charge in [-0.1, -0.05) is 31.7 Å². The second-order valence-electron chi connectivity index (χ2n) is 6.90. The number of hydrogen-bond acceptors (Lipinski definition) is 4. The zero-order valence-electron chi connectivity index (χ0n) is 14.3. The van der Waals surface area contributed by atoms with Gasteiger partial charge in [0.25, 0.3) is 5.91 Å². The van der Waals surface area contributed by atoms with Crippen molar-refractivity contribution >= 4 is 38.4 Å². The van der Waals surface area contributed by atoms with Crippen molar-refractivity contribution < 1.29 is 13.2 Å². The summed E-state index contributed by atoms with van der Waals surface area (Å²) in [7, 11) is -3.04. The fourth-order valence-electron chi connectivity index (χ4n) is 3.18. The van der Waals surface area contributed by atoms with E-state index in [1.54, 1.807) is 0 Å². The molecule has 7 heteroatoms. The molecule has 0 N–H and O–H groups in total. The van der Waals surface area contributed by atoms with Crippen LogP contribution in [0.2, 0.25) is 0 Å². The van der Waals surface area contributed by atoms with Gasteiger partial charge in [0.15, 0.2) is 15.0 Å². The molecule has 0 spiro atoms. The quantitative estimate of drug-likeness (QED) is 0.805.